The van der Waals surface area contributed by atoms with Crippen LogP contribution in [0.1, 0.15) is 50.5 Å². The molecule has 1 aliphatic heterocycles. The lowest BCUT2D eigenvalue weighted by Crippen LogP contribution is -2.50. The summed E-state index contributed by atoms with van der Waals surface area (Å²) in [5, 5.41) is 10.9. The number of hydrogen-bond acceptors (Lipinski definition) is 2. The Hall–Kier alpha value is -0.570. The van der Waals surface area contributed by atoms with Gasteiger partial charge in [0.1, 0.15) is 0 Å². The van der Waals surface area contributed by atoms with Crippen molar-refractivity contribution in [2.24, 2.45) is 5.41 Å². The Morgan fingerprint density at radius 1 is 1.18 bits per heavy atom. The molecule has 1 heterocycles. The Kier molecular flexibility index (Phi) is 5.43. The summed E-state index contributed by atoms with van der Waals surface area (Å²) >= 11 is 6.13. The van der Waals surface area contributed by atoms with E-state index >= 15 is 0 Å². The first-order valence-corrected chi connectivity index (χ1v) is 9.18. The monoisotopic (exact) mass is 321 g/mol. The lowest BCUT2D eigenvalue weighted by atomic mass is 9.75. The maximum atomic E-state index is 10.1. The van der Waals surface area contributed by atoms with E-state index in [4.69, 9.17) is 11.6 Å². The van der Waals surface area contributed by atoms with Crippen molar-refractivity contribution in [3.8, 4) is 0 Å². The molecule has 0 spiro atoms. The molecule has 2 fully saturated rings. The molecule has 1 saturated carbocycles. The standard InChI is InChI=1S/C19H28ClNO/c20-17-7-4-6-16(12-17)13-19(15-22)10-5-11-21(14-19)18-8-2-1-3-9-18/h4,6-7,12,18,22H,1-3,5,8-11,13-15H2/t19-/m1/s1. The van der Waals surface area contributed by atoms with Crippen LogP contribution < -0.4 is 0 Å². The van der Waals surface area contributed by atoms with E-state index in [2.05, 4.69) is 17.0 Å². The number of benzene rings is 1. The van der Waals surface area contributed by atoms with Crippen molar-refractivity contribution < 1.29 is 5.11 Å². The molecule has 1 saturated heterocycles. The van der Waals surface area contributed by atoms with E-state index in [1.54, 1.807) is 0 Å². The molecular formula is C19H28ClNO. The second kappa shape index (κ2) is 7.33. The van der Waals surface area contributed by atoms with Gasteiger partial charge in [0.25, 0.3) is 0 Å². The third-order valence-corrected chi connectivity index (χ3v) is 5.82. The molecule has 3 heteroatoms. The van der Waals surface area contributed by atoms with Gasteiger partial charge in [-0.1, -0.05) is 43.0 Å². The molecule has 1 atom stereocenters. The fourth-order valence-electron chi connectivity index (χ4n) is 4.41. The highest BCUT2D eigenvalue weighted by atomic mass is 35.5. The quantitative estimate of drug-likeness (QED) is 0.894. The van der Waals surface area contributed by atoms with Crippen molar-refractivity contribution >= 4 is 11.6 Å². The Labute approximate surface area is 139 Å². The summed E-state index contributed by atoms with van der Waals surface area (Å²) in [6.45, 7) is 2.53. The predicted molar refractivity (Wildman–Crippen MR) is 92.4 cm³/mol. The second-order valence-electron chi connectivity index (χ2n) is 7.33. The number of hydrogen-bond donors (Lipinski definition) is 1. The van der Waals surface area contributed by atoms with Crippen molar-refractivity contribution in [2.75, 3.05) is 19.7 Å². The average molecular weight is 322 g/mol. The first-order chi connectivity index (χ1) is 10.7. The summed E-state index contributed by atoms with van der Waals surface area (Å²) in [6, 6.07) is 8.89. The molecular weight excluding hydrogens is 294 g/mol. The van der Waals surface area contributed by atoms with Crippen molar-refractivity contribution in [1.82, 2.24) is 4.90 Å². The van der Waals surface area contributed by atoms with Gasteiger partial charge in [-0.3, -0.25) is 4.90 Å². The summed E-state index contributed by atoms with van der Waals surface area (Å²) in [5.74, 6) is 0. The summed E-state index contributed by atoms with van der Waals surface area (Å²) < 4.78 is 0. The number of rotatable bonds is 4. The van der Waals surface area contributed by atoms with Gasteiger partial charge in [-0.05, 0) is 56.3 Å². The van der Waals surface area contributed by atoms with Crippen molar-refractivity contribution in [2.45, 2.75) is 57.4 Å². The number of halogens is 1. The van der Waals surface area contributed by atoms with Gasteiger partial charge in [0.2, 0.25) is 0 Å². The van der Waals surface area contributed by atoms with E-state index in [0.29, 0.717) is 0 Å². The SMILES string of the molecule is OC[C@@]1(Cc2cccc(Cl)c2)CCCN(C2CCCCC2)C1. The minimum absolute atomic E-state index is 0.0143. The molecule has 0 aromatic heterocycles. The highest BCUT2D eigenvalue weighted by molar-refractivity contribution is 6.30. The van der Waals surface area contributed by atoms with Gasteiger partial charge in [-0.15, -0.1) is 0 Å². The van der Waals surface area contributed by atoms with Crippen LogP contribution in [-0.4, -0.2) is 35.7 Å². The Balaban J connectivity index is 1.70. The summed E-state index contributed by atoms with van der Waals surface area (Å²) in [4.78, 5) is 2.67. The molecule has 3 rings (SSSR count). The molecule has 0 unspecified atom stereocenters. The van der Waals surface area contributed by atoms with E-state index < -0.39 is 0 Å². The number of likely N-dealkylation sites (tertiary alicyclic amines) is 1. The Morgan fingerprint density at radius 3 is 2.73 bits per heavy atom. The summed E-state index contributed by atoms with van der Waals surface area (Å²) in [6.07, 6.45) is 10.1. The minimum Gasteiger partial charge on any atom is -0.396 e. The minimum atomic E-state index is 0.0143. The van der Waals surface area contributed by atoms with Gasteiger partial charge >= 0.3 is 0 Å². The van der Waals surface area contributed by atoms with Crippen LogP contribution >= 0.6 is 11.6 Å². The van der Waals surface area contributed by atoms with Crippen LogP contribution in [0, 0.1) is 5.41 Å². The molecule has 2 aliphatic rings. The number of aliphatic hydroxyl groups is 1. The van der Waals surface area contributed by atoms with Crippen LogP contribution in [0.4, 0.5) is 0 Å². The summed E-state index contributed by atoms with van der Waals surface area (Å²) in [5.41, 5.74) is 1.27. The molecule has 1 aliphatic carbocycles. The average Bonchev–Trinajstić information content (AvgIpc) is 2.56. The van der Waals surface area contributed by atoms with E-state index in [0.717, 1.165) is 30.5 Å². The second-order valence-corrected chi connectivity index (χ2v) is 7.77. The van der Waals surface area contributed by atoms with Crippen molar-refractivity contribution in [3.05, 3.63) is 34.9 Å². The number of piperidine rings is 1. The molecule has 122 valence electrons. The van der Waals surface area contributed by atoms with E-state index in [-0.39, 0.29) is 12.0 Å². The maximum Gasteiger partial charge on any atom is 0.0502 e. The van der Waals surface area contributed by atoms with Crippen LogP contribution in [0.25, 0.3) is 0 Å². The van der Waals surface area contributed by atoms with Gasteiger partial charge < -0.3 is 5.11 Å². The molecule has 1 N–H and O–H groups in total. The zero-order valence-corrected chi connectivity index (χ0v) is 14.2. The molecule has 1 aromatic carbocycles. The maximum absolute atomic E-state index is 10.1. The predicted octanol–water partition coefficient (Wildman–Crippen LogP) is 4.29. The van der Waals surface area contributed by atoms with Crippen LogP contribution in [0.2, 0.25) is 5.02 Å². The van der Waals surface area contributed by atoms with Gasteiger partial charge in [0.15, 0.2) is 0 Å². The van der Waals surface area contributed by atoms with E-state index in [1.807, 2.05) is 12.1 Å². The molecule has 0 radical (unpaired) electrons. The van der Waals surface area contributed by atoms with Crippen LogP contribution in [0.3, 0.4) is 0 Å². The van der Waals surface area contributed by atoms with Gasteiger partial charge in [-0.25, -0.2) is 0 Å². The molecule has 0 bridgehead atoms. The molecule has 0 amide bonds. The van der Waals surface area contributed by atoms with Gasteiger partial charge in [-0.2, -0.15) is 0 Å². The Bertz CT molecular complexity index is 486. The highest BCUT2D eigenvalue weighted by Crippen LogP contribution is 2.36. The topological polar surface area (TPSA) is 23.5 Å². The van der Waals surface area contributed by atoms with Gasteiger partial charge in [0, 0.05) is 23.0 Å². The number of aliphatic hydroxyl groups excluding tert-OH is 1. The Morgan fingerprint density at radius 2 is 2.00 bits per heavy atom. The fraction of sp³-hybridized carbons (Fsp3) is 0.684. The third-order valence-electron chi connectivity index (χ3n) is 5.59. The third kappa shape index (κ3) is 3.84. The largest absolute Gasteiger partial charge is 0.396 e. The van der Waals surface area contributed by atoms with Crippen molar-refractivity contribution in [3.63, 3.8) is 0 Å². The smallest absolute Gasteiger partial charge is 0.0502 e. The molecule has 2 nitrogen and oxygen atoms in total. The zero-order chi connectivity index (χ0) is 15.4. The number of nitrogens with zero attached hydrogens (tertiary/aromatic N) is 1. The fourth-order valence-corrected chi connectivity index (χ4v) is 4.63. The highest BCUT2D eigenvalue weighted by Gasteiger charge is 2.37. The lowest BCUT2D eigenvalue weighted by molar-refractivity contribution is 0.00450. The zero-order valence-electron chi connectivity index (χ0n) is 13.4. The normalized spacial score (nSPS) is 27.9. The molecule has 1 aromatic rings. The van der Waals surface area contributed by atoms with Crippen LogP contribution in [-0.2, 0) is 6.42 Å². The first kappa shape index (κ1) is 16.3. The van der Waals surface area contributed by atoms with Gasteiger partial charge in [0.05, 0.1) is 6.61 Å². The molecule has 22 heavy (non-hydrogen) atoms. The van der Waals surface area contributed by atoms with Crippen LogP contribution in [0.5, 0.6) is 0 Å². The van der Waals surface area contributed by atoms with Crippen molar-refractivity contribution in [1.29, 1.82) is 0 Å². The van der Waals surface area contributed by atoms with E-state index in [9.17, 15) is 5.11 Å². The first-order valence-electron chi connectivity index (χ1n) is 8.80. The lowest BCUT2D eigenvalue weighted by Gasteiger charge is -2.46. The van der Waals surface area contributed by atoms with Crippen LogP contribution in [0.15, 0.2) is 24.3 Å². The summed E-state index contributed by atoms with van der Waals surface area (Å²) in [7, 11) is 0. The van der Waals surface area contributed by atoms with E-state index in [1.165, 1.54) is 50.6 Å².